The van der Waals surface area contributed by atoms with E-state index in [-0.39, 0.29) is 94.2 Å². The number of guanidine groups is 1. The zero-order valence-corrected chi connectivity index (χ0v) is 71.8. The molecule has 15 amide bonds. The number of amides is 15. The van der Waals surface area contributed by atoms with E-state index in [4.69, 9.17) is 34.4 Å². The maximum absolute atomic E-state index is 14.8. The molecule has 2 heterocycles. The third-order valence-corrected chi connectivity index (χ3v) is 20.2. The van der Waals surface area contributed by atoms with Crippen LogP contribution < -0.4 is 104 Å². The van der Waals surface area contributed by atoms with Crippen molar-refractivity contribution in [2.24, 2.45) is 57.1 Å². The highest BCUT2D eigenvalue weighted by Gasteiger charge is 2.41. The normalized spacial score (nSPS) is 14.7. The minimum absolute atomic E-state index is 0.0133. The van der Waals surface area contributed by atoms with Crippen LogP contribution in [0.2, 0.25) is 0 Å². The van der Waals surface area contributed by atoms with Gasteiger partial charge in [0.1, 0.15) is 78.0 Å². The van der Waals surface area contributed by atoms with Gasteiger partial charge in [0.25, 0.3) is 0 Å². The molecule has 0 spiro atoms. The van der Waals surface area contributed by atoms with Crippen molar-refractivity contribution >= 4 is 129 Å². The van der Waals surface area contributed by atoms with Crippen molar-refractivity contribution in [3.05, 3.63) is 54.2 Å². The van der Waals surface area contributed by atoms with Crippen LogP contribution in [0.5, 0.6) is 0 Å². The number of carbonyl (C=O) groups excluding carboxylic acids is 15. The largest absolute Gasteiger partial charge is 0.481 e. The topological polar surface area (TPSA) is 700 Å². The Balaban J connectivity index is 1.97. The summed E-state index contributed by atoms with van der Waals surface area (Å²) in [5.74, 6) is -18.4. The van der Waals surface area contributed by atoms with Crippen LogP contribution in [0.3, 0.4) is 0 Å². The smallest absolute Gasteiger partial charge is 0.326 e. The zero-order valence-electron chi connectivity index (χ0n) is 70.9. The summed E-state index contributed by atoms with van der Waals surface area (Å²) in [4.78, 5) is 249. The van der Waals surface area contributed by atoms with Crippen LogP contribution in [0, 0.1) is 17.8 Å². The number of imidazole rings is 1. The van der Waals surface area contributed by atoms with Crippen molar-refractivity contribution in [1.82, 2.24) is 84.1 Å². The fourth-order valence-corrected chi connectivity index (χ4v) is 12.7. The molecule has 121 heavy (non-hydrogen) atoms. The molecule has 2 aromatic heterocycles. The van der Waals surface area contributed by atoms with Gasteiger partial charge in [0.15, 0.2) is 5.96 Å². The number of carbonyl (C=O) groups is 17. The fraction of sp³-hybridized carbons (Fsp3) is 0.628. The third-order valence-electron chi connectivity index (χ3n) is 19.6. The van der Waals surface area contributed by atoms with Gasteiger partial charge in [0.2, 0.25) is 88.6 Å². The lowest BCUT2D eigenvalue weighted by molar-refractivity contribution is -0.142. The van der Waals surface area contributed by atoms with Gasteiger partial charge in [-0.2, -0.15) is 11.8 Å². The first-order valence-electron chi connectivity index (χ1n) is 40.3. The third kappa shape index (κ3) is 36.9. The lowest BCUT2D eigenvalue weighted by atomic mass is 9.96. The molecule has 0 aliphatic carbocycles. The van der Waals surface area contributed by atoms with E-state index in [1.807, 2.05) is 0 Å². The van der Waals surface area contributed by atoms with Crippen LogP contribution in [-0.2, 0) is 94.3 Å². The molecule has 42 nitrogen and oxygen atoms in total. The summed E-state index contributed by atoms with van der Waals surface area (Å²) in [7, 11) is 0. The number of carboxylic acids is 2. The van der Waals surface area contributed by atoms with E-state index in [1.165, 1.54) is 58.9 Å². The van der Waals surface area contributed by atoms with Gasteiger partial charge in [0, 0.05) is 67.6 Å². The molecule has 13 atom stereocenters. The fourth-order valence-electron chi connectivity index (χ4n) is 12.3. The number of carboxylic acid groups (broad SMARTS) is 2. The summed E-state index contributed by atoms with van der Waals surface area (Å²) in [6, 6.07) is -10.9. The summed E-state index contributed by atoms with van der Waals surface area (Å²) in [6.07, 6.45) is 3.34. The molecule has 1 aromatic carbocycles. The number of primary amides is 2. The van der Waals surface area contributed by atoms with Crippen molar-refractivity contribution in [3.63, 3.8) is 0 Å². The van der Waals surface area contributed by atoms with E-state index in [0.29, 0.717) is 18.4 Å². The number of rotatable bonds is 57. The van der Waals surface area contributed by atoms with E-state index in [9.17, 15) is 91.7 Å². The lowest BCUT2D eigenvalue weighted by Crippen LogP contribution is -2.64. The summed E-state index contributed by atoms with van der Waals surface area (Å²) >= 11 is 1.27. The Morgan fingerprint density at radius 2 is 0.992 bits per heavy atom. The number of benzene rings is 1. The standard InChI is InChI=1S/C78H127N23O19S/c1-13-42(6)61(99-68(112)52(26-29-59(104)105)98-75(120)78(10,11)101-72(116)60(41(4)5)100-74(119)77(8,9)84)71(115)94-51(25-28-58(81)103)66(110)95-54(34-40(2)3)69(113)93-53(30-33-121-12)67(111)96-55(36-45-38-85-39-88-45)70(114)92-50(24-27-57(80)102)65(109)91-48(23-17-19-32-86-76(82)83)63(107)89-43(7)62(106)90-49(22-16-18-31-79)64(108)97-56(73(117)118)35-44-37-87-47-21-15-14-20-46(44)47/h14-15,20-21,37-43,48-56,60-61,87H,13,16-19,22-36,79,84H2,1-12H3,(H2,80,102)(H2,81,103)(H,85,88)(H,89,107)(H,90,106)(H,91,109)(H,92,114)(H,93,113)(H,94,115)(H,95,110)(H,96,111)(H,97,108)(H,98,120)(H,99,112)(H,100,119)(H,101,116)(H,104,105)(H,117,118)(H4,82,83,86)/t42-,43-,48-,49-,50-,51-,52-,53-,54-,55-,56-,60-,61-/m0/s1. The molecule has 0 aliphatic heterocycles. The van der Waals surface area contributed by atoms with Crippen molar-refractivity contribution in [2.45, 2.75) is 269 Å². The van der Waals surface area contributed by atoms with Gasteiger partial charge in [-0.05, 0) is 153 Å². The van der Waals surface area contributed by atoms with Crippen molar-refractivity contribution < 1.29 is 91.7 Å². The number of fused-ring (bicyclic) bond motifs is 1. The summed E-state index contributed by atoms with van der Waals surface area (Å²) in [5.41, 5.74) is 32.3. The van der Waals surface area contributed by atoms with E-state index in [0.717, 1.165) is 10.9 Å². The number of aliphatic carboxylic acids is 2. The van der Waals surface area contributed by atoms with Gasteiger partial charge in [-0.3, -0.25) is 81.7 Å². The van der Waals surface area contributed by atoms with Gasteiger partial charge < -0.3 is 124 Å². The Labute approximate surface area is 707 Å². The van der Waals surface area contributed by atoms with E-state index >= 15 is 0 Å². The number of unbranched alkanes of at least 4 members (excludes halogenated alkanes) is 2. The molecule has 43 heteroatoms. The van der Waals surface area contributed by atoms with E-state index in [2.05, 4.69) is 89.1 Å². The predicted octanol–water partition coefficient (Wildman–Crippen LogP) is -3.30. The first-order valence-corrected chi connectivity index (χ1v) is 41.7. The Kier molecular flexibility index (Phi) is 43.9. The molecule has 674 valence electrons. The molecular formula is C78H127N23O19S. The highest BCUT2D eigenvalue weighted by molar-refractivity contribution is 7.98. The number of thioether (sulfide) groups is 1. The van der Waals surface area contributed by atoms with Crippen LogP contribution in [0.4, 0.5) is 0 Å². The second-order valence-corrected chi connectivity index (χ2v) is 32.8. The second-order valence-electron chi connectivity index (χ2n) is 31.8. The molecule has 0 unspecified atom stereocenters. The monoisotopic (exact) mass is 1720 g/mol. The number of hydrogen-bond donors (Lipinski definition) is 23. The number of nitrogens with zero attached hydrogens (tertiary/aromatic N) is 2. The van der Waals surface area contributed by atoms with Gasteiger partial charge in [0.05, 0.1) is 11.9 Å². The SMILES string of the molecule is CC[C@H](C)[C@H](NC(=O)[C@H](CCC(=O)O)NC(=O)C(C)(C)NC(=O)[C@@H](NC(=O)C(C)(C)N)C(C)C)C(=O)N[C@@H](CCC(N)=O)C(=O)N[C@@H](CC(C)C)C(=O)N[C@@H](CCSC)C(=O)N[C@@H](Cc1cnc[nH]1)C(=O)N[C@@H](CCC(N)=O)C(=O)N[C@@H](CCCCN=C(N)N)C(=O)N[C@@H](C)C(=O)N[C@@H](CCCCN)C(=O)N[C@@H](Cc1c[nH]c2ccccc12)C(=O)O. The highest BCUT2D eigenvalue weighted by Crippen LogP contribution is 2.21. The minimum atomic E-state index is -1.82. The maximum atomic E-state index is 14.8. The molecule has 0 saturated heterocycles. The first kappa shape index (κ1) is 104. The first-order chi connectivity index (χ1) is 56.7. The minimum Gasteiger partial charge on any atom is -0.481 e. The van der Waals surface area contributed by atoms with Crippen LogP contribution >= 0.6 is 11.8 Å². The van der Waals surface area contributed by atoms with Crippen molar-refractivity contribution in [2.75, 3.05) is 25.1 Å². The van der Waals surface area contributed by atoms with Gasteiger partial charge in [-0.1, -0.05) is 66.2 Å². The lowest BCUT2D eigenvalue weighted by Gasteiger charge is -2.32. The van der Waals surface area contributed by atoms with Crippen molar-refractivity contribution in [3.8, 4) is 0 Å². The number of aromatic nitrogens is 3. The Morgan fingerprint density at radius 1 is 0.512 bits per heavy atom. The zero-order chi connectivity index (χ0) is 91.2. The Morgan fingerprint density at radius 3 is 1.50 bits per heavy atom. The molecule has 0 aliphatic rings. The maximum Gasteiger partial charge on any atom is 0.326 e. The van der Waals surface area contributed by atoms with Gasteiger partial charge in [-0.15, -0.1) is 0 Å². The van der Waals surface area contributed by atoms with Crippen LogP contribution in [0.25, 0.3) is 10.9 Å². The molecule has 0 bridgehead atoms. The van der Waals surface area contributed by atoms with Crippen LogP contribution in [0.15, 0.2) is 48.0 Å². The molecular weight excluding hydrogens is 1600 g/mol. The van der Waals surface area contributed by atoms with Gasteiger partial charge >= 0.3 is 11.9 Å². The quantitative estimate of drug-likeness (QED) is 0.0150. The number of nitrogens with one attached hydrogen (secondary N) is 15. The number of H-pyrrole nitrogens is 2. The van der Waals surface area contributed by atoms with Crippen LogP contribution in [0.1, 0.15) is 184 Å². The number of hydrogen-bond acceptors (Lipinski definition) is 22. The molecule has 0 radical (unpaired) electrons. The average molecular weight is 1720 g/mol. The number of aromatic amines is 2. The molecule has 29 N–H and O–H groups in total. The van der Waals surface area contributed by atoms with E-state index in [1.54, 1.807) is 78.3 Å². The highest BCUT2D eigenvalue weighted by atomic mass is 32.2. The van der Waals surface area contributed by atoms with Crippen LogP contribution in [-0.4, -0.2) is 240 Å². The molecule has 3 rings (SSSR count). The Bertz CT molecular complexity index is 4050. The summed E-state index contributed by atoms with van der Waals surface area (Å²) < 4.78 is 0. The molecule has 3 aromatic rings. The molecule has 0 fully saturated rings. The number of para-hydroxylation sites is 1. The summed E-state index contributed by atoms with van der Waals surface area (Å²) in [5, 5.41) is 54.2. The summed E-state index contributed by atoms with van der Waals surface area (Å²) in [6.45, 7) is 17.0. The van der Waals surface area contributed by atoms with Gasteiger partial charge in [-0.25, -0.2) is 9.78 Å². The average Bonchev–Trinajstić information content (AvgIpc) is 1.25. The number of nitrogens with two attached hydrogens (primary N) is 6. The number of aliphatic imine (C=N–C) groups is 1. The molecule has 0 saturated carbocycles. The predicted molar refractivity (Wildman–Crippen MR) is 449 cm³/mol. The van der Waals surface area contributed by atoms with Crippen molar-refractivity contribution in [1.29, 1.82) is 0 Å². The Hall–Kier alpha value is -11.5. The second kappa shape index (κ2) is 51.2. The van der Waals surface area contributed by atoms with E-state index < -0.39 is 234 Å².